The Hall–Kier alpha value is -1.18. The number of amides is 2. The van der Waals surface area contributed by atoms with Crippen LogP contribution in [0.2, 0.25) is 0 Å². The van der Waals surface area contributed by atoms with Gasteiger partial charge >= 0.3 is 11.8 Å². The zero-order chi connectivity index (χ0) is 15.3. The molecule has 2 aliphatic rings. The number of ether oxygens (including phenoxy) is 2. The summed E-state index contributed by atoms with van der Waals surface area (Å²) in [5.74, 6) is -1.63. The Morgan fingerprint density at radius 2 is 1.86 bits per heavy atom. The van der Waals surface area contributed by atoms with E-state index in [9.17, 15) is 9.59 Å². The Kier molecular flexibility index (Phi) is 5.55. The lowest BCUT2D eigenvalue weighted by Gasteiger charge is -2.21. The first kappa shape index (κ1) is 16.2. The molecule has 3 N–H and O–H groups in total. The van der Waals surface area contributed by atoms with Gasteiger partial charge in [-0.25, -0.2) is 0 Å². The highest BCUT2D eigenvalue weighted by Gasteiger charge is 2.43. The van der Waals surface area contributed by atoms with E-state index in [1.165, 1.54) is 4.90 Å². The van der Waals surface area contributed by atoms with E-state index in [1.807, 2.05) is 14.1 Å². The summed E-state index contributed by atoms with van der Waals surface area (Å²) in [7, 11) is 3.98. The fourth-order valence-electron chi connectivity index (χ4n) is 2.69. The maximum atomic E-state index is 11.7. The highest BCUT2D eigenvalue weighted by Crippen LogP contribution is 2.38. The summed E-state index contributed by atoms with van der Waals surface area (Å²) in [6.07, 6.45) is 3.92. The van der Waals surface area contributed by atoms with Crippen molar-refractivity contribution in [2.24, 2.45) is 0 Å². The summed E-state index contributed by atoms with van der Waals surface area (Å²) in [5, 5.41) is 5.20. The van der Waals surface area contributed by atoms with E-state index < -0.39 is 17.6 Å². The van der Waals surface area contributed by atoms with Crippen molar-refractivity contribution in [3.05, 3.63) is 0 Å². The minimum absolute atomic E-state index is 0.161. The Bertz CT molecular complexity index is 380. The largest absolute Gasteiger partial charge is 0.347 e. The molecule has 0 aromatic heterocycles. The molecular formula is C14H26N3O4+. The van der Waals surface area contributed by atoms with Crippen LogP contribution < -0.4 is 15.5 Å². The van der Waals surface area contributed by atoms with Crippen LogP contribution in [0.1, 0.15) is 25.7 Å². The first-order chi connectivity index (χ1) is 10.0. The van der Waals surface area contributed by atoms with E-state index in [0.717, 1.165) is 32.2 Å². The van der Waals surface area contributed by atoms with E-state index in [0.29, 0.717) is 19.7 Å². The average molecular weight is 300 g/mol. The van der Waals surface area contributed by atoms with Gasteiger partial charge in [-0.2, -0.15) is 0 Å². The molecule has 2 rings (SSSR count). The Labute approximate surface area is 125 Å². The van der Waals surface area contributed by atoms with Crippen LogP contribution in [0, 0.1) is 0 Å². The molecule has 0 unspecified atom stereocenters. The van der Waals surface area contributed by atoms with E-state index in [4.69, 9.17) is 9.47 Å². The molecule has 1 aliphatic heterocycles. The van der Waals surface area contributed by atoms with Crippen LogP contribution in [0.15, 0.2) is 0 Å². The van der Waals surface area contributed by atoms with Crippen LogP contribution in [0.5, 0.6) is 0 Å². The highest BCUT2D eigenvalue weighted by atomic mass is 16.7. The SMILES string of the molecule is C[NH+](C)CCNC(=O)C(=O)NC[C@H]1COC2(CCCC2)O1. The summed E-state index contributed by atoms with van der Waals surface area (Å²) in [5.41, 5.74) is 0. The van der Waals surface area contributed by atoms with Crippen molar-refractivity contribution in [3.63, 3.8) is 0 Å². The third kappa shape index (κ3) is 4.66. The predicted molar refractivity (Wildman–Crippen MR) is 75.7 cm³/mol. The van der Waals surface area contributed by atoms with Crippen molar-refractivity contribution < 1.29 is 24.0 Å². The summed E-state index contributed by atoms with van der Waals surface area (Å²) in [6, 6.07) is 0. The molecule has 120 valence electrons. The summed E-state index contributed by atoms with van der Waals surface area (Å²) < 4.78 is 11.6. The molecule has 21 heavy (non-hydrogen) atoms. The molecule has 2 amide bonds. The minimum Gasteiger partial charge on any atom is -0.347 e. The van der Waals surface area contributed by atoms with Crippen molar-refractivity contribution in [1.29, 1.82) is 0 Å². The molecule has 1 saturated heterocycles. The zero-order valence-electron chi connectivity index (χ0n) is 12.9. The van der Waals surface area contributed by atoms with Gasteiger partial charge in [0.15, 0.2) is 5.79 Å². The first-order valence-electron chi connectivity index (χ1n) is 7.68. The van der Waals surface area contributed by atoms with E-state index in [-0.39, 0.29) is 6.10 Å². The molecule has 1 aliphatic carbocycles. The van der Waals surface area contributed by atoms with Gasteiger partial charge in [0, 0.05) is 19.4 Å². The summed E-state index contributed by atoms with van der Waals surface area (Å²) in [4.78, 5) is 24.5. The normalized spacial score (nSPS) is 23.7. The van der Waals surface area contributed by atoms with Gasteiger partial charge in [-0.15, -0.1) is 0 Å². The number of hydrogen-bond acceptors (Lipinski definition) is 4. The predicted octanol–water partition coefficient (Wildman–Crippen LogP) is -1.95. The van der Waals surface area contributed by atoms with Crippen molar-refractivity contribution in [3.8, 4) is 0 Å². The van der Waals surface area contributed by atoms with Crippen LogP contribution in [-0.2, 0) is 19.1 Å². The topological polar surface area (TPSA) is 81.1 Å². The number of likely N-dealkylation sites (N-methyl/N-ethyl adjacent to an activating group) is 1. The third-order valence-electron chi connectivity index (χ3n) is 3.89. The number of carbonyl (C=O) groups is 2. The maximum Gasteiger partial charge on any atom is 0.309 e. The Morgan fingerprint density at radius 3 is 2.52 bits per heavy atom. The van der Waals surface area contributed by atoms with Crippen molar-refractivity contribution in [2.45, 2.75) is 37.6 Å². The van der Waals surface area contributed by atoms with Gasteiger partial charge in [0.1, 0.15) is 6.10 Å². The second-order valence-corrected chi connectivity index (χ2v) is 6.09. The number of rotatable bonds is 5. The molecule has 1 spiro atoms. The van der Waals surface area contributed by atoms with Gasteiger partial charge in [0.05, 0.1) is 33.8 Å². The number of carbonyl (C=O) groups excluding carboxylic acids is 2. The molecule has 1 atom stereocenters. The smallest absolute Gasteiger partial charge is 0.309 e. The number of hydrogen-bond donors (Lipinski definition) is 3. The lowest BCUT2D eigenvalue weighted by Crippen LogP contribution is -3.06. The maximum absolute atomic E-state index is 11.7. The van der Waals surface area contributed by atoms with Gasteiger partial charge in [-0.3, -0.25) is 9.59 Å². The molecule has 0 bridgehead atoms. The van der Waals surface area contributed by atoms with Gasteiger partial charge in [0.25, 0.3) is 0 Å². The monoisotopic (exact) mass is 300 g/mol. The number of nitrogens with one attached hydrogen (secondary N) is 3. The quantitative estimate of drug-likeness (QED) is 0.516. The number of quaternary nitrogens is 1. The van der Waals surface area contributed by atoms with E-state index in [1.54, 1.807) is 0 Å². The van der Waals surface area contributed by atoms with Gasteiger partial charge in [0.2, 0.25) is 0 Å². The second-order valence-electron chi connectivity index (χ2n) is 6.09. The molecule has 7 nitrogen and oxygen atoms in total. The minimum atomic E-state index is -0.611. The van der Waals surface area contributed by atoms with Crippen LogP contribution in [0.4, 0.5) is 0 Å². The zero-order valence-corrected chi connectivity index (χ0v) is 12.9. The molecule has 1 saturated carbocycles. The van der Waals surface area contributed by atoms with Crippen molar-refractivity contribution >= 4 is 11.8 Å². The van der Waals surface area contributed by atoms with E-state index >= 15 is 0 Å². The van der Waals surface area contributed by atoms with Crippen LogP contribution >= 0.6 is 0 Å². The van der Waals surface area contributed by atoms with Crippen molar-refractivity contribution in [2.75, 3.05) is 40.3 Å². The highest BCUT2D eigenvalue weighted by molar-refractivity contribution is 6.35. The molecule has 0 aromatic carbocycles. The molecule has 7 heteroatoms. The fraction of sp³-hybridized carbons (Fsp3) is 0.857. The van der Waals surface area contributed by atoms with Crippen LogP contribution in [0.3, 0.4) is 0 Å². The standard InChI is InChI=1S/C14H25N3O4/c1-17(2)8-7-15-12(18)13(19)16-9-11-10-20-14(21-11)5-3-4-6-14/h11H,3-10H2,1-2H3,(H,15,18)(H,16,19)/p+1/t11-/m0/s1. The molecule has 1 heterocycles. The van der Waals surface area contributed by atoms with E-state index in [2.05, 4.69) is 10.6 Å². The Morgan fingerprint density at radius 1 is 1.19 bits per heavy atom. The van der Waals surface area contributed by atoms with Crippen molar-refractivity contribution in [1.82, 2.24) is 10.6 Å². The molecule has 0 aromatic rings. The summed E-state index contributed by atoms with van der Waals surface area (Å²) >= 11 is 0. The first-order valence-corrected chi connectivity index (χ1v) is 7.68. The van der Waals surface area contributed by atoms with Crippen LogP contribution in [0.25, 0.3) is 0 Å². The lowest BCUT2D eigenvalue weighted by molar-refractivity contribution is -0.856. The summed E-state index contributed by atoms with van der Waals surface area (Å²) in [6.45, 7) is 2.06. The van der Waals surface area contributed by atoms with Gasteiger partial charge in [-0.1, -0.05) is 0 Å². The molecular weight excluding hydrogens is 274 g/mol. The molecule has 2 fully saturated rings. The second kappa shape index (κ2) is 7.20. The van der Waals surface area contributed by atoms with Crippen LogP contribution in [-0.4, -0.2) is 64.0 Å². The Balaban J connectivity index is 1.64. The van der Waals surface area contributed by atoms with Gasteiger partial charge in [-0.05, 0) is 12.8 Å². The molecule has 0 radical (unpaired) electrons. The van der Waals surface area contributed by atoms with Gasteiger partial charge < -0.3 is 25.0 Å². The average Bonchev–Trinajstić information content (AvgIpc) is 3.06. The third-order valence-corrected chi connectivity index (χ3v) is 3.89. The fourth-order valence-corrected chi connectivity index (χ4v) is 2.69. The lowest BCUT2D eigenvalue weighted by atomic mass is 10.2.